The minimum Gasteiger partial charge on any atom is -0.444 e. The van der Waals surface area contributed by atoms with Crippen LogP contribution in [0.1, 0.15) is 40.0 Å². The molecule has 1 N–H and O–H groups in total. The number of sulfonamides is 1. The van der Waals surface area contributed by atoms with Gasteiger partial charge in [-0.15, -0.1) is 0 Å². The van der Waals surface area contributed by atoms with Crippen LogP contribution >= 0.6 is 0 Å². The van der Waals surface area contributed by atoms with Gasteiger partial charge in [0.25, 0.3) is 0 Å². The van der Waals surface area contributed by atoms with Crippen LogP contribution in [0.4, 0.5) is 9.59 Å². The Morgan fingerprint density at radius 1 is 1.19 bits per heavy atom. The number of hydrogen-bond acceptors (Lipinski definition) is 5. The van der Waals surface area contributed by atoms with Crippen molar-refractivity contribution in [1.29, 1.82) is 0 Å². The molecule has 0 aromatic heterocycles. The summed E-state index contributed by atoms with van der Waals surface area (Å²) >= 11 is 0. The lowest BCUT2D eigenvalue weighted by atomic mass is 9.44. The van der Waals surface area contributed by atoms with E-state index < -0.39 is 15.6 Å². The smallest absolute Gasteiger partial charge is 0.410 e. The summed E-state index contributed by atoms with van der Waals surface area (Å²) in [7, 11) is -3.24. The van der Waals surface area contributed by atoms with Gasteiger partial charge in [0.05, 0.1) is 17.8 Å². The molecule has 0 spiro atoms. The number of carbonyl (C=O) groups excluding carboxylic acids is 2. The van der Waals surface area contributed by atoms with Crippen molar-refractivity contribution in [1.82, 2.24) is 19.4 Å². The van der Waals surface area contributed by atoms with Crippen LogP contribution in [-0.4, -0.2) is 90.4 Å². The molecule has 2 aliphatic heterocycles. The van der Waals surface area contributed by atoms with Crippen LogP contribution in [0.25, 0.3) is 0 Å². The highest BCUT2D eigenvalue weighted by Crippen LogP contribution is 2.64. The molecule has 0 radical (unpaired) electrons. The van der Waals surface area contributed by atoms with E-state index in [-0.39, 0.29) is 29.2 Å². The first-order valence-corrected chi connectivity index (χ1v) is 11.3. The van der Waals surface area contributed by atoms with Gasteiger partial charge < -0.3 is 19.4 Å². The fourth-order valence-electron chi connectivity index (χ4n) is 5.12. The van der Waals surface area contributed by atoms with E-state index >= 15 is 0 Å². The van der Waals surface area contributed by atoms with Gasteiger partial charge >= 0.3 is 12.1 Å². The van der Waals surface area contributed by atoms with Gasteiger partial charge in [0.1, 0.15) is 5.60 Å². The van der Waals surface area contributed by atoms with Crippen LogP contribution < -0.4 is 4.72 Å². The number of urea groups is 1. The number of amides is 3. The third-order valence-corrected chi connectivity index (χ3v) is 6.78. The van der Waals surface area contributed by atoms with E-state index in [0.717, 1.165) is 0 Å². The molecule has 1 atom stereocenters. The monoisotopic (exact) mass is 400 g/mol. The fourth-order valence-corrected chi connectivity index (χ4v) is 6.12. The number of ether oxygens (including phenoxy) is 1. The second-order valence-corrected chi connectivity index (χ2v) is 11.3. The first-order valence-electron chi connectivity index (χ1n) is 9.37. The van der Waals surface area contributed by atoms with E-state index in [0.29, 0.717) is 45.4 Å². The number of nitrogens with one attached hydrogen (secondary N) is 1. The average Bonchev–Trinajstić information content (AvgIpc) is 2.75. The predicted molar refractivity (Wildman–Crippen MR) is 97.7 cm³/mol. The molecule has 3 saturated carbocycles. The SMILES string of the molecule is CC(C)(C)OC(=O)N1CCN2C(=O)N(C34CC(NS(C)(=O)=O)(C3)C4)C[C@@H]2C1. The highest BCUT2D eigenvalue weighted by molar-refractivity contribution is 7.88. The second-order valence-electron chi connectivity index (χ2n) is 9.58. The molecule has 2 bridgehead atoms. The second kappa shape index (κ2) is 5.50. The third-order valence-electron chi connectivity index (χ3n) is 5.98. The Balaban J connectivity index is 1.38. The summed E-state index contributed by atoms with van der Waals surface area (Å²) < 4.78 is 31.2. The topological polar surface area (TPSA) is 99.3 Å². The first kappa shape index (κ1) is 18.8. The summed E-state index contributed by atoms with van der Waals surface area (Å²) in [5, 5.41) is 0. The zero-order chi connectivity index (χ0) is 19.8. The third kappa shape index (κ3) is 3.16. The summed E-state index contributed by atoms with van der Waals surface area (Å²) in [5.41, 5.74) is -1.12. The Morgan fingerprint density at radius 3 is 2.37 bits per heavy atom. The van der Waals surface area contributed by atoms with Gasteiger partial charge in [-0.05, 0) is 40.0 Å². The van der Waals surface area contributed by atoms with Gasteiger partial charge in [-0.25, -0.2) is 22.7 Å². The van der Waals surface area contributed by atoms with Crippen LogP contribution in [0.15, 0.2) is 0 Å². The van der Waals surface area contributed by atoms with Crippen molar-refractivity contribution in [3.05, 3.63) is 0 Å². The average molecular weight is 401 g/mol. The van der Waals surface area contributed by atoms with E-state index in [4.69, 9.17) is 4.74 Å². The van der Waals surface area contributed by atoms with Crippen molar-refractivity contribution in [2.45, 2.75) is 62.8 Å². The Bertz CT molecular complexity index is 770. The molecule has 0 aromatic rings. The summed E-state index contributed by atoms with van der Waals surface area (Å²) in [5.74, 6) is 0. The number of fused-ring (bicyclic) bond motifs is 1. The highest BCUT2D eigenvalue weighted by atomic mass is 32.2. The van der Waals surface area contributed by atoms with Crippen LogP contribution in [0.5, 0.6) is 0 Å². The summed E-state index contributed by atoms with van der Waals surface area (Å²) in [6, 6.07) is -0.0249. The molecule has 2 saturated heterocycles. The standard InChI is InChI=1S/C17H28N4O5S/c1-15(2,3)26-14(23)19-5-6-20-12(7-19)8-21(13(20)22)17-9-16(10-17,11-17)18-27(4,24)25/h12,18H,5-11H2,1-4H3/t12-,16?,17?/m0/s1. The molecule has 0 aromatic carbocycles. The van der Waals surface area contributed by atoms with E-state index in [9.17, 15) is 18.0 Å². The quantitative estimate of drug-likeness (QED) is 0.747. The van der Waals surface area contributed by atoms with E-state index in [1.807, 2.05) is 30.6 Å². The number of piperazine rings is 1. The van der Waals surface area contributed by atoms with E-state index in [1.54, 1.807) is 4.90 Å². The summed E-state index contributed by atoms with van der Waals surface area (Å²) in [4.78, 5) is 30.6. The summed E-state index contributed by atoms with van der Waals surface area (Å²) in [6.45, 7) is 7.54. The molecule has 3 aliphatic carbocycles. The Hall–Kier alpha value is -1.55. The molecular weight excluding hydrogens is 372 g/mol. The van der Waals surface area contributed by atoms with E-state index in [2.05, 4.69) is 4.72 Å². The van der Waals surface area contributed by atoms with Crippen LogP contribution in [0.3, 0.4) is 0 Å². The normalized spacial score (nSPS) is 35.5. The van der Waals surface area contributed by atoms with Crippen LogP contribution in [-0.2, 0) is 14.8 Å². The van der Waals surface area contributed by atoms with Gasteiger partial charge in [-0.3, -0.25) is 0 Å². The molecular formula is C17H28N4O5S. The summed E-state index contributed by atoms with van der Waals surface area (Å²) in [6.07, 6.45) is 2.86. The van der Waals surface area contributed by atoms with Crippen molar-refractivity contribution in [3.8, 4) is 0 Å². The first-order chi connectivity index (χ1) is 12.3. The minimum absolute atomic E-state index is 0.0106. The number of nitrogens with zero attached hydrogens (tertiary/aromatic N) is 3. The lowest BCUT2D eigenvalue weighted by Crippen LogP contribution is -2.83. The molecule has 27 heavy (non-hydrogen) atoms. The maximum absolute atomic E-state index is 12.9. The lowest BCUT2D eigenvalue weighted by molar-refractivity contribution is -0.145. The van der Waals surface area contributed by atoms with Crippen LogP contribution in [0.2, 0.25) is 0 Å². The Labute approximate surface area is 160 Å². The molecule has 10 heteroatoms. The predicted octanol–water partition coefficient (Wildman–Crippen LogP) is 0.568. The maximum Gasteiger partial charge on any atom is 0.410 e. The van der Waals surface area contributed by atoms with Crippen molar-refractivity contribution >= 4 is 22.1 Å². The molecule has 5 fully saturated rings. The zero-order valence-electron chi connectivity index (χ0n) is 16.3. The zero-order valence-corrected chi connectivity index (χ0v) is 17.1. The van der Waals surface area contributed by atoms with Gasteiger partial charge in [0.2, 0.25) is 10.0 Å². The van der Waals surface area contributed by atoms with Gasteiger partial charge in [-0.1, -0.05) is 0 Å². The molecule has 2 heterocycles. The fraction of sp³-hybridized carbons (Fsp3) is 0.882. The molecule has 5 aliphatic rings. The molecule has 3 amide bonds. The molecule has 0 unspecified atom stereocenters. The van der Waals surface area contributed by atoms with Crippen molar-refractivity contribution in [2.75, 3.05) is 32.4 Å². The molecule has 152 valence electrons. The van der Waals surface area contributed by atoms with Crippen molar-refractivity contribution < 1.29 is 22.7 Å². The minimum atomic E-state index is -3.24. The van der Waals surface area contributed by atoms with Gasteiger partial charge in [-0.2, -0.15) is 0 Å². The molecule has 5 rings (SSSR count). The van der Waals surface area contributed by atoms with Crippen molar-refractivity contribution in [3.63, 3.8) is 0 Å². The lowest BCUT2D eigenvalue weighted by Gasteiger charge is -2.72. The number of rotatable bonds is 3. The van der Waals surface area contributed by atoms with E-state index in [1.165, 1.54) is 6.26 Å². The molecule has 9 nitrogen and oxygen atoms in total. The largest absolute Gasteiger partial charge is 0.444 e. The highest BCUT2D eigenvalue weighted by Gasteiger charge is 2.73. The van der Waals surface area contributed by atoms with Gasteiger partial charge in [0, 0.05) is 31.7 Å². The number of carbonyl (C=O) groups is 2. The Kier molecular flexibility index (Phi) is 3.83. The van der Waals surface area contributed by atoms with Crippen LogP contribution in [0, 0.1) is 0 Å². The van der Waals surface area contributed by atoms with Crippen molar-refractivity contribution in [2.24, 2.45) is 0 Å². The Morgan fingerprint density at radius 2 is 1.81 bits per heavy atom. The number of hydrogen-bond donors (Lipinski definition) is 1. The van der Waals surface area contributed by atoms with Gasteiger partial charge in [0.15, 0.2) is 0 Å². The maximum atomic E-state index is 12.9.